The van der Waals surface area contributed by atoms with Gasteiger partial charge >= 0.3 is 42.1 Å². The minimum Gasteiger partial charge on any atom is -0.346 e. The molecule has 0 aliphatic carbocycles. The fourth-order valence-electron chi connectivity index (χ4n) is 12.1. The van der Waals surface area contributed by atoms with Crippen LogP contribution >= 0.6 is 22.7 Å². The van der Waals surface area contributed by atoms with Gasteiger partial charge in [0.1, 0.15) is 0 Å². The average molecular weight is 1600 g/mol. The minimum absolute atomic E-state index is 0. The van der Waals surface area contributed by atoms with Crippen LogP contribution < -0.4 is 0 Å². The molecule has 0 spiro atoms. The Morgan fingerprint density at radius 3 is 1.47 bits per heavy atom. The van der Waals surface area contributed by atoms with E-state index in [1.165, 1.54) is 0 Å². The van der Waals surface area contributed by atoms with Gasteiger partial charge in [-0.3, -0.25) is 29.9 Å². The van der Waals surface area contributed by atoms with E-state index < -0.39 is 0 Å². The van der Waals surface area contributed by atoms with E-state index in [2.05, 4.69) is 221 Å². The molecule has 94 heavy (non-hydrogen) atoms. The second-order valence-corrected chi connectivity index (χ2v) is 24.2. The first-order valence-corrected chi connectivity index (χ1v) is 31.5. The Labute approximate surface area is 577 Å². The molecule has 10 heterocycles. The Morgan fingerprint density at radius 1 is 0.298 bits per heavy atom. The molecule has 0 radical (unpaired) electrons. The molecule has 448 valence electrons. The Bertz CT molecular complexity index is 5710. The Kier molecular flexibility index (Phi) is 16.4. The standard InChI is InChI=1S/2C40H23N5S.2Pt/c1-2-19-43-35(10-1)28-6-3-9-32(20-28)45-37-15-12-26(30-7-4-17-41-24-30)21-34(37)33-14-11-29(23-38(33)45)40-44-36-22-27(13-16-39(36)46-40)31-8-5-18-42-25-31;1-2-11-37-33(9-1)34-14-12-27(40-44-36-15-13-26(23-39(36)46-40)28-7-5-16-41-24-28)22-38(34)45(37)32-20-30(29-8-6-17-42-25-29)19-31(21-32)35-10-3-4-18-43-35;;/h1-19,21-22,24-25H;1-20,23-25H;;/q2*-2;2*+2. The molecule has 8 aromatic carbocycles. The predicted octanol–water partition coefficient (Wildman–Crippen LogP) is 19.7. The maximum atomic E-state index is 5.07. The first kappa shape index (κ1) is 59.7. The molecule has 0 atom stereocenters. The van der Waals surface area contributed by atoms with Gasteiger partial charge in [0, 0.05) is 104 Å². The number of para-hydroxylation sites is 1. The maximum absolute atomic E-state index is 5.07. The van der Waals surface area contributed by atoms with Gasteiger partial charge in [0.05, 0.1) is 11.0 Å². The number of nitrogens with zero attached hydrogens (tertiary/aromatic N) is 10. The molecule has 18 aromatic rings. The van der Waals surface area contributed by atoms with Gasteiger partial charge in [-0.05, 0) is 145 Å². The molecule has 0 unspecified atom stereocenters. The van der Waals surface area contributed by atoms with Crippen LogP contribution in [0.4, 0.5) is 0 Å². The normalized spacial score (nSPS) is 11.2. The molecule has 0 saturated heterocycles. The maximum Gasteiger partial charge on any atom is 2.00 e. The minimum atomic E-state index is 0. The van der Waals surface area contributed by atoms with Crippen LogP contribution in [0.2, 0.25) is 0 Å². The van der Waals surface area contributed by atoms with Crippen molar-refractivity contribution in [3.8, 4) is 99.5 Å². The van der Waals surface area contributed by atoms with Gasteiger partial charge < -0.3 is 19.1 Å². The molecule has 0 N–H and O–H groups in total. The number of hydrogen-bond donors (Lipinski definition) is 0. The van der Waals surface area contributed by atoms with Crippen molar-refractivity contribution in [3.05, 3.63) is 305 Å². The van der Waals surface area contributed by atoms with Gasteiger partial charge in [0.25, 0.3) is 0 Å². The van der Waals surface area contributed by atoms with Gasteiger partial charge in [0.2, 0.25) is 0 Å². The summed E-state index contributed by atoms with van der Waals surface area (Å²) in [7, 11) is 0. The summed E-state index contributed by atoms with van der Waals surface area (Å²) < 4.78 is 6.77. The number of thiazole rings is 2. The van der Waals surface area contributed by atoms with Crippen LogP contribution in [0.15, 0.2) is 280 Å². The quantitative estimate of drug-likeness (QED) is 0.124. The van der Waals surface area contributed by atoms with Gasteiger partial charge in [-0.1, -0.05) is 107 Å². The zero-order valence-electron chi connectivity index (χ0n) is 49.5. The van der Waals surface area contributed by atoms with Gasteiger partial charge in [-0.15, -0.1) is 101 Å². The van der Waals surface area contributed by atoms with Crippen molar-refractivity contribution in [3.63, 3.8) is 0 Å². The number of rotatable bonds is 10. The molecule has 0 saturated carbocycles. The topological polar surface area (TPSA) is 113 Å². The number of hydrogen-bond acceptors (Lipinski definition) is 10. The van der Waals surface area contributed by atoms with Crippen LogP contribution in [-0.2, 0) is 42.1 Å². The van der Waals surface area contributed by atoms with Gasteiger partial charge in [0.15, 0.2) is 0 Å². The van der Waals surface area contributed by atoms with Gasteiger partial charge in [-0.25, -0.2) is 0 Å². The smallest absolute Gasteiger partial charge is 0.346 e. The summed E-state index contributed by atoms with van der Waals surface area (Å²) in [5.41, 5.74) is 22.0. The first-order chi connectivity index (χ1) is 45.6. The monoisotopic (exact) mass is 1600 g/mol. The SMILES string of the molecule is [Pt+2].[Pt+2].[c-]1c(-c2ccccn2)cc(-c2cccnc2)cc1-n1c2[c-]c(-c3nc4ccc(-c5cccnc5)cc4s3)ccc2c2ccccc21.[c-]1c(-c2ccccn2)cccc1-n1c2[c-]c(-c3nc4cc(-c5cccnc5)ccc4s3)ccc2c2cc(-c3cccnc3)ccc21. The number of pyridine rings is 6. The van der Waals surface area contributed by atoms with Crippen LogP contribution in [0.3, 0.4) is 0 Å². The van der Waals surface area contributed by atoms with Gasteiger partial charge in [-0.2, -0.15) is 22.7 Å². The van der Waals surface area contributed by atoms with Crippen LogP contribution in [0.5, 0.6) is 0 Å². The largest absolute Gasteiger partial charge is 2.00 e. The van der Waals surface area contributed by atoms with Crippen molar-refractivity contribution in [1.29, 1.82) is 0 Å². The summed E-state index contributed by atoms with van der Waals surface area (Å²) in [6.07, 6.45) is 18.4. The number of benzene rings is 8. The Hall–Kier alpha value is -10.6. The van der Waals surface area contributed by atoms with Crippen molar-refractivity contribution in [1.82, 2.24) is 49.0 Å². The third kappa shape index (κ3) is 11.3. The van der Waals surface area contributed by atoms with E-state index in [1.807, 2.05) is 97.8 Å². The molecular formula is C80H46N10Pt2S2. The van der Waals surface area contributed by atoms with Crippen LogP contribution in [0, 0.1) is 24.3 Å². The van der Waals surface area contributed by atoms with Crippen LogP contribution in [0.1, 0.15) is 0 Å². The van der Waals surface area contributed by atoms with Crippen LogP contribution in [-0.4, -0.2) is 49.0 Å². The third-order valence-corrected chi connectivity index (χ3v) is 18.6. The second kappa shape index (κ2) is 25.8. The zero-order chi connectivity index (χ0) is 60.9. The molecule has 0 amide bonds. The van der Waals surface area contributed by atoms with Crippen molar-refractivity contribution in [2.45, 2.75) is 0 Å². The number of fused-ring (bicyclic) bond motifs is 8. The van der Waals surface area contributed by atoms with E-state index in [4.69, 9.17) is 9.97 Å². The molecule has 0 aliphatic rings. The summed E-state index contributed by atoms with van der Waals surface area (Å²) in [6.45, 7) is 0. The Morgan fingerprint density at radius 2 is 0.830 bits per heavy atom. The third-order valence-electron chi connectivity index (χ3n) is 16.5. The van der Waals surface area contributed by atoms with E-state index in [9.17, 15) is 0 Å². The first-order valence-electron chi connectivity index (χ1n) is 29.9. The zero-order valence-corrected chi connectivity index (χ0v) is 55.7. The summed E-state index contributed by atoms with van der Waals surface area (Å²) >= 11 is 3.36. The van der Waals surface area contributed by atoms with E-state index in [1.54, 1.807) is 47.5 Å². The predicted molar refractivity (Wildman–Crippen MR) is 374 cm³/mol. The molecule has 10 aromatic heterocycles. The molecule has 10 nitrogen and oxygen atoms in total. The summed E-state index contributed by atoms with van der Waals surface area (Å²) in [4.78, 5) is 36.7. The van der Waals surface area contributed by atoms with Crippen molar-refractivity contribution in [2.75, 3.05) is 0 Å². The average Bonchev–Trinajstić information content (AvgIpc) is 1.62. The molecule has 0 aliphatic heterocycles. The fraction of sp³-hybridized carbons (Fsp3) is 0. The molecule has 0 fully saturated rings. The van der Waals surface area contributed by atoms with Crippen molar-refractivity contribution >= 4 is 86.7 Å². The summed E-state index contributed by atoms with van der Waals surface area (Å²) in [5, 5.41) is 6.39. The number of aromatic nitrogens is 10. The van der Waals surface area contributed by atoms with E-state index in [0.29, 0.717) is 0 Å². The van der Waals surface area contributed by atoms with Crippen molar-refractivity contribution < 1.29 is 42.1 Å². The summed E-state index contributed by atoms with van der Waals surface area (Å²) in [5.74, 6) is 0. The summed E-state index contributed by atoms with van der Waals surface area (Å²) in [6, 6.07) is 90.1. The van der Waals surface area contributed by atoms with Crippen LogP contribution in [0.25, 0.3) is 164 Å². The molecule has 18 rings (SSSR count). The fourth-order valence-corrected chi connectivity index (χ4v) is 14.0. The van der Waals surface area contributed by atoms with E-state index >= 15 is 0 Å². The molecular weight excluding hydrogens is 1560 g/mol. The molecule has 14 heteroatoms. The second-order valence-electron chi connectivity index (χ2n) is 22.1. The van der Waals surface area contributed by atoms with Crippen molar-refractivity contribution in [2.24, 2.45) is 0 Å². The Balaban J connectivity index is 0.000000152. The van der Waals surface area contributed by atoms with E-state index in [0.717, 1.165) is 164 Å². The molecule has 0 bridgehead atoms. The van der Waals surface area contributed by atoms with E-state index in [-0.39, 0.29) is 42.1 Å².